The van der Waals surface area contributed by atoms with E-state index in [2.05, 4.69) is 40.9 Å². The van der Waals surface area contributed by atoms with Gasteiger partial charge in [-0.25, -0.2) is 9.78 Å². The highest BCUT2D eigenvalue weighted by molar-refractivity contribution is 7.23. The van der Waals surface area contributed by atoms with Gasteiger partial charge in [0.05, 0.1) is 15.9 Å². The Morgan fingerprint density at radius 1 is 1.15 bits per heavy atom. The number of amides is 2. The number of nitrogens with one attached hydrogen (secondary N) is 1. The van der Waals surface area contributed by atoms with Gasteiger partial charge >= 0.3 is 6.09 Å². The second kappa shape index (κ2) is 8.43. The Morgan fingerprint density at radius 3 is 2.59 bits per heavy atom. The fourth-order valence-corrected chi connectivity index (χ4v) is 5.07. The molecule has 1 aliphatic heterocycles. The third-order valence-electron chi connectivity index (χ3n) is 5.86. The van der Waals surface area contributed by atoms with Crippen LogP contribution in [0.2, 0.25) is 0 Å². The summed E-state index contributed by atoms with van der Waals surface area (Å²) >= 11 is 1.57. The van der Waals surface area contributed by atoms with E-state index < -0.39 is 5.60 Å². The molecule has 0 saturated carbocycles. The van der Waals surface area contributed by atoms with E-state index in [1.165, 1.54) is 5.56 Å². The molecule has 0 atom stereocenters. The van der Waals surface area contributed by atoms with Gasteiger partial charge in [-0.15, -0.1) is 0 Å². The molecule has 1 saturated heterocycles. The summed E-state index contributed by atoms with van der Waals surface area (Å²) in [6, 6.07) is 14.1. The molecule has 1 aliphatic rings. The summed E-state index contributed by atoms with van der Waals surface area (Å²) in [6.45, 7) is 9.36. The third kappa shape index (κ3) is 4.50. The van der Waals surface area contributed by atoms with Crippen molar-refractivity contribution in [2.75, 3.05) is 19.6 Å². The highest BCUT2D eigenvalue weighted by atomic mass is 32.1. The van der Waals surface area contributed by atoms with Crippen molar-refractivity contribution >= 4 is 38.5 Å². The molecule has 1 fully saturated rings. The summed E-state index contributed by atoms with van der Waals surface area (Å²) in [5, 5.41) is 3.00. The first-order valence-corrected chi connectivity index (χ1v) is 12.2. The number of thiazole rings is 1. The largest absolute Gasteiger partial charge is 0.444 e. The van der Waals surface area contributed by atoms with Gasteiger partial charge in [0, 0.05) is 42.9 Å². The van der Waals surface area contributed by atoms with Crippen molar-refractivity contribution in [1.82, 2.24) is 19.6 Å². The van der Waals surface area contributed by atoms with E-state index in [9.17, 15) is 9.59 Å². The van der Waals surface area contributed by atoms with Gasteiger partial charge < -0.3 is 15.0 Å². The van der Waals surface area contributed by atoms with Gasteiger partial charge in [-0.1, -0.05) is 41.2 Å². The van der Waals surface area contributed by atoms with E-state index in [1.54, 1.807) is 16.2 Å². The molecule has 3 heterocycles. The monoisotopic (exact) mass is 476 g/mol. The van der Waals surface area contributed by atoms with Crippen LogP contribution in [0.5, 0.6) is 0 Å². The zero-order valence-corrected chi connectivity index (χ0v) is 20.6. The maximum atomic E-state index is 12.7. The minimum absolute atomic E-state index is 0.107. The number of imidazole rings is 1. The molecule has 2 aromatic heterocycles. The van der Waals surface area contributed by atoms with E-state index >= 15 is 0 Å². The van der Waals surface area contributed by atoms with Crippen LogP contribution in [-0.4, -0.2) is 51.5 Å². The smallest absolute Gasteiger partial charge is 0.410 e. The molecule has 1 N–H and O–H groups in total. The molecule has 34 heavy (non-hydrogen) atoms. The Hall–Kier alpha value is -3.39. The minimum atomic E-state index is -0.499. The molecule has 0 aliphatic carbocycles. The average Bonchev–Trinajstić information content (AvgIpc) is 3.29. The van der Waals surface area contributed by atoms with E-state index in [1.807, 2.05) is 45.2 Å². The second-order valence-electron chi connectivity index (χ2n) is 9.89. The minimum Gasteiger partial charge on any atom is -0.444 e. The number of hydrogen-bond donors (Lipinski definition) is 1. The number of carbonyl (C=O) groups excluding carboxylic acids is 2. The number of rotatable bonds is 4. The van der Waals surface area contributed by atoms with Crippen LogP contribution in [-0.2, 0) is 4.74 Å². The lowest BCUT2D eigenvalue weighted by molar-refractivity contribution is -0.000534. The number of carbonyl (C=O) groups is 2. The van der Waals surface area contributed by atoms with Crippen molar-refractivity contribution in [3.63, 3.8) is 0 Å². The van der Waals surface area contributed by atoms with Gasteiger partial charge in [0.1, 0.15) is 5.60 Å². The van der Waals surface area contributed by atoms with Crippen molar-refractivity contribution in [1.29, 1.82) is 0 Å². The topological polar surface area (TPSA) is 75.9 Å². The predicted octanol–water partition coefficient (Wildman–Crippen LogP) is 5.12. The van der Waals surface area contributed by atoms with Gasteiger partial charge in [0.2, 0.25) is 0 Å². The Kier molecular flexibility index (Phi) is 5.56. The van der Waals surface area contributed by atoms with E-state index in [0.29, 0.717) is 25.2 Å². The molecule has 0 bridgehead atoms. The number of hydrogen-bond acceptors (Lipinski definition) is 5. The van der Waals surface area contributed by atoms with Crippen LogP contribution in [0.3, 0.4) is 0 Å². The number of aromatic nitrogens is 2. The highest BCUT2D eigenvalue weighted by Crippen LogP contribution is 2.30. The van der Waals surface area contributed by atoms with Crippen LogP contribution >= 0.6 is 11.3 Å². The lowest BCUT2D eigenvalue weighted by atomic mass is 10.0. The fourth-order valence-electron chi connectivity index (χ4n) is 4.02. The summed E-state index contributed by atoms with van der Waals surface area (Å²) < 4.78 is 8.47. The Bertz CT molecular complexity index is 1380. The molecule has 7 nitrogen and oxygen atoms in total. The number of ether oxygens (including phenoxy) is 1. The van der Waals surface area contributed by atoms with Crippen molar-refractivity contribution in [2.45, 2.75) is 33.3 Å². The van der Waals surface area contributed by atoms with Crippen LogP contribution in [0, 0.1) is 12.8 Å². The highest BCUT2D eigenvalue weighted by Gasteiger charge is 2.33. The van der Waals surface area contributed by atoms with Crippen molar-refractivity contribution in [2.24, 2.45) is 5.92 Å². The molecule has 8 heteroatoms. The maximum absolute atomic E-state index is 12.7. The molecule has 4 aromatic rings. The molecule has 2 aromatic carbocycles. The van der Waals surface area contributed by atoms with Crippen LogP contribution in [0.1, 0.15) is 36.7 Å². The molecule has 2 amide bonds. The van der Waals surface area contributed by atoms with E-state index in [4.69, 9.17) is 9.72 Å². The lowest BCUT2D eigenvalue weighted by Crippen LogP contribution is -2.54. The number of aryl methyl sites for hydroxylation is 1. The summed E-state index contributed by atoms with van der Waals surface area (Å²) in [7, 11) is 0. The summed E-state index contributed by atoms with van der Waals surface area (Å²) in [5.74, 6) is 0.134. The normalized spacial score (nSPS) is 14.4. The summed E-state index contributed by atoms with van der Waals surface area (Å²) in [4.78, 5) is 32.1. The fraction of sp³-hybridized carbons (Fsp3) is 0.346. The van der Waals surface area contributed by atoms with Gasteiger partial charge in [-0.05, 0) is 45.9 Å². The Labute approximate surface area is 202 Å². The van der Waals surface area contributed by atoms with Crippen molar-refractivity contribution in [3.8, 4) is 11.3 Å². The molecule has 0 radical (unpaired) electrons. The SMILES string of the molecule is Cc1ccc(-c2cn3c(n2)sc2cc(C(=O)NCC4CN(C(=O)OC(C)(C)C)C4)ccc23)cc1. The first kappa shape index (κ1) is 22.4. The van der Waals surface area contributed by atoms with Gasteiger partial charge in [0.15, 0.2) is 4.96 Å². The van der Waals surface area contributed by atoms with Gasteiger partial charge in [-0.2, -0.15) is 0 Å². The number of likely N-dealkylation sites (tertiary alicyclic amines) is 1. The second-order valence-corrected chi connectivity index (χ2v) is 10.9. The third-order valence-corrected chi connectivity index (χ3v) is 6.88. The zero-order chi connectivity index (χ0) is 24.0. The maximum Gasteiger partial charge on any atom is 0.410 e. The molecular formula is C26H28N4O3S. The summed E-state index contributed by atoms with van der Waals surface area (Å²) in [6.07, 6.45) is 1.75. The first-order valence-electron chi connectivity index (χ1n) is 11.4. The van der Waals surface area contributed by atoms with E-state index in [0.717, 1.165) is 26.4 Å². The standard InChI is InChI=1S/C26H28N4O3S/c1-16-5-7-18(8-6-16)20-15-30-21-10-9-19(11-22(21)34-24(30)28-20)23(31)27-12-17-13-29(14-17)25(32)33-26(2,3)4/h5-11,15,17H,12-14H2,1-4H3,(H,27,31). The van der Waals surface area contributed by atoms with Crippen LogP contribution < -0.4 is 5.32 Å². The van der Waals surface area contributed by atoms with Crippen LogP contribution in [0.15, 0.2) is 48.7 Å². The van der Waals surface area contributed by atoms with Crippen molar-refractivity contribution in [3.05, 3.63) is 59.8 Å². The molecular weight excluding hydrogens is 448 g/mol. The number of nitrogens with zero attached hydrogens (tertiary/aromatic N) is 3. The molecule has 0 spiro atoms. The number of benzene rings is 2. The molecule has 5 rings (SSSR count). The molecule has 176 valence electrons. The molecule has 0 unspecified atom stereocenters. The first-order chi connectivity index (χ1) is 16.2. The van der Waals surface area contributed by atoms with Gasteiger partial charge in [0.25, 0.3) is 5.91 Å². The summed E-state index contributed by atoms with van der Waals surface area (Å²) in [5.41, 5.74) is 4.41. The number of fused-ring (bicyclic) bond motifs is 3. The van der Waals surface area contributed by atoms with Crippen LogP contribution in [0.25, 0.3) is 26.4 Å². The Morgan fingerprint density at radius 2 is 1.88 bits per heavy atom. The van der Waals surface area contributed by atoms with Gasteiger partial charge in [-0.3, -0.25) is 9.20 Å². The average molecular weight is 477 g/mol. The zero-order valence-electron chi connectivity index (χ0n) is 19.8. The van der Waals surface area contributed by atoms with Crippen molar-refractivity contribution < 1.29 is 14.3 Å². The lowest BCUT2D eigenvalue weighted by Gasteiger charge is -2.39. The predicted molar refractivity (Wildman–Crippen MR) is 134 cm³/mol. The van der Waals surface area contributed by atoms with Crippen LogP contribution in [0.4, 0.5) is 4.79 Å². The quantitative estimate of drug-likeness (QED) is 0.444. The Balaban J connectivity index is 1.22. The van der Waals surface area contributed by atoms with E-state index in [-0.39, 0.29) is 17.9 Å².